The van der Waals surface area contributed by atoms with E-state index >= 15 is 0 Å². The summed E-state index contributed by atoms with van der Waals surface area (Å²) in [6.45, 7) is 0. The second kappa shape index (κ2) is 4.54. The highest BCUT2D eigenvalue weighted by Gasteiger charge is 2.30. The van der Waals surface area contributed by atoms with Gasteiger partial charge in [0.05, 0.1) is 15.6 Å². The SMILES string of the molecule is CN1c2ccc(Cl)cc2Oc2cc(Cl)cc([N+](=O)[O-])c21. The summed E-state index contributed by atoms with van der Waals surface area (Å²) in [5.41, 5.74) is 0.970. The molecule has 0 bridgehead atoms. The predicted molar refractivity (Wildman–Crippen MR) is 77.7 cm³/mol. The molecule has 20 heavy (non-hydrogen) atoms. The molecular weight excluding hydrogens is 303 g/mol. The number of rotatable bonds is 1. The Morgan fingerprint density at radius 3 is 2.55 bits per heavy atom. The van der Waals surface area contributed by atoms with Crippen molar-refractivity contribution in [2.24, 2.45) is 0 Å². The number of halogens is 2. The zero-order valence-corrected chi connectivity index (χ0v) is 11.8. The van der Waals surface area contributed by atoms with E-state index in [1.807, 2.05) is 0 Å². The molecule has 1 aliphatic heterocycles. The number of anilines is 2. The molecule has 1 heterocycles. The molecule has 7 heteroatoms. The maximum atomic E-state index is 11.2. The summed E-state index contributed by atoms with van der Waals surface area (Å²) >= 11 is 11.8. The van der Waals surface area contributed by atoms with Crippen LogP contribution in [0.4, 0.5) is 17.1 Å². The van der Waals surface area contributed by atoms with Crippen LogP contribution in [0.2, 0.25) is 10.0 Å². The van der Waals surface area contributed by atoms with Crippen LogP contribution in [0.5, 0.6) is 11.5 Å². The molecule has 0 radical (unpaired) electrons. The third-order valence-electron chi connectivity index (χ3n) is 3.05. The van der Waals surface area contributed by atoms with Gasteiger partial charge >= 0.3 is 0 Å². The van der Waals surface area contributed by atoms with Crippen LogP contribution in [0.3, 0.4) is 0 Å². The van der Waals surface area contributed by atoms with Crippen LogP contribution < -0.4 is 9.64 Å². The summed E-state index contributed by atoms with van der Waals surface area (Å²) in [5.74, 6) is 0.866. The Hall–Kier alpha value is -1.98. The van der Waals surface area contributed by atoms with Crippen molar-refractivity contribution in [2.75, 3.05) is 11.9 Å². The number of benzene rings is 2. The predicted octanol–water partition coefficient (Wildman–Crippen LogP) is 4.78. The first kappa shape index (κ1) is 13.0. The second-order valence-electron chi connectivity index (χ2n) is 4.30. The minimum absolute atomic E-state index is 0.101. The Balaban J connectivity index is 2.24. The molecule has 2 aromatic carbocycles. The number of ether oxygens (including phenoxy) is 1. The summed E-state index contributed by atoms with van der Waals surface area (Å²) in [6, 6.07) is 7.96. The van der Waals surface area contributed by atoms with Gasteiger partial charge in [-0.25, -0.2) is 0 Å². The summed E-state index contributed by atoms with van der Waals surface area (Å²) in [4.78, 5) is 12.4. The van der Waals surface area contributed by atoms with Gasteiger partial charge in [0.25, 0.3) is 5.69 Å². The third-order valence-corrected chi connectivity index (χ3v) is 3.51. The summed E-state index contributed by atoms with van der Waals surface area (Å²) in [5, 5.41) is 12.0. The molecule has 0 N–H and O–H groups in total. The molecule has 0 saturated heterocycles. The van der Waals surface area contributed by atoms with Gasteiger partial charge in [0.1, 0.15) is 0 Å². The van der Waals surface area contributed by atoms with E-state index in [9.17, 15) is 10.1 Å². The van der Waals surface area contributed by atoms with Crippen LogP contribution in [-0.2, 0) is 0 Å². The van der Waals surface area contributed by atoms with Crippen LogP contribution in [0, 0.1) is 10.1 Å². The lowest BCUT2D eigenvalue weighted by Gasteiger charge is -2.29. The van der Waals surface area contributed by atoms with Crippen LogP contribution in [0.25, 0.3) is 0 Å². The van der Waals surface area contributed by atoms with E-state index in [4.69, 9.17) is 27.9 Å². The van der Waals surface area contributed by atoms with Crippen molar-refractivity contribution < 1.29 is 9.66 Å². The van der Waals surface area contributed by atoms with Gasteiger partial charge < -0.3 is 9.64 Å². The fraction of sp³-hybridized carbons (Fsp3) is 0.0769. The smallest absolute Gasteiger partial charge is 0.298 e. The molecule has 5 nitrogen and oxygen atoms in total. The van der Waals surface area contributed by atoms with E-state index in [-0.39, 0.29) is 10.7 Å². The molecule has 102 valence electrons. The lowest BCUT2D eigenvalue weighted by Crippen LogP contribution is -2.17. The van der Waals surface area contributed by atoms with Gasteiger partial charge in [-0.05, 0) is 12.1 Å². The molecule has 1 aliphatic rings. The van der Waals surface area contributed by atoms with Gasteiger partial charge in [0.2, 0.25) is 0 Å². The van der Waals surface area contributed by atoms with E-state index in [0.29, 0.717) is 27.9 Å². The first-order chi connectivity index (χ1) is 9.47. The zero-order valence-electron chi connectivity index (χ0n) is 10.3. The monoisotopic (exact) mass is 310 g/mol. The van der Waals surface area contributed by atoms with Crippen molar-refractivity contribution in [1.29, 1.82) is 0 Å². The van der Waals surface area contributed by atoms with Gasteiger partial charge in [-0.1, -0.05) is 23.2 Å². The third kappa shape index (κ3) is 1.95. The normalized spacial score (nSPS) is 12.4. The summed E-state index contributed by atoms with van der Waals surface area (Å²) in [6.07, 6.45) is 0. The van der Waals surface area contributed by atoms with E-state index < -0.39 is 4.92 Å². The number of nitro benzene ring substituents is 1. The largest absolute Gasteiger partial charge is 0.453 e. The van der Waals surface area contributed by atoms with Gasteiger partial charge in [-0.2, -0.15) is 0 Å². The fourth-order valence-corrected chi connectivity index (χ4v) is 2.56. The van der Waals surface area contributed by atoms with Crippen LogP contribution in [-0.4, -0.2) is 12.0 Å². The van der Waals surface area contributed by atoms with E-state index in [2.05, 4.69) is 0 Å². The van der Waals surface area contributed by atoms with E-state index in [1.54, 1.807) is 36.2 Å². The lowest BCUT2D eigenvalue weighted by molar-refractivity contribution is -0.384. The summed E-state index contributed by atoms with van der Waals surface area (Å²) in [7, 11) is 1.73. The van der Waals surface area contributed by atoms with Gasteiger partial charge in [-0.3, -0.25) is 10.1 Å². The zero-order chi connectivity index (χ0) is 14.4. The van der Waals surface area contributed by atoms with Crippen molar-refractivity contribution in [3.8, 4) is 11.5 Å². The Morgan fingerprint density at radius 2 is 1.85 bits per heavy atom. The first-order valence-corrected chi connectivity index (χ1v) is 6.42. The van der Waals surface area contributed by atoms with Crippen molar-refractivity contribution in [3.05, 3.63) is 50.5 Å². The van der Waals surface area contributed by atoms with Gasteiger partial charge in [0.15, 0.2) is 17.2 Å². The van der Waals surface area contributed by atoms with Crippen LogP contribution in [0.15, 0.2) is 30.3 Å². The van der Waals surface area contributed by atoms with E-state index in [1.165, 1.54) is 6.07 Å². The van der Waals surface area contributed by atoms with Crippen molar-refractivity contribution in [1.82, 2.24) is 0 Å². The average molecular weight is 311 g/mol. The highest BCUT2D eigenvalue weighted by molar-refractivity contribution is 6.31. The van der Waals surface area contributed by atoms with Crippen LogP contribution in [0.1, 0.15) is 0 Å². The number of nitrogens with zero attached hydrogens (tertiary/aromatic N) is 2. The Labute approximate surface area is 124 Å². The van der Waals surface area contributed by atoms with Crippen LogP contribution >= 0.6 is 23.2 Å². The topological polar surface area (TPSA) is 55.6 Å². The molecule has 0 unspecified atom stereocenters. The minimum atomic E-state index is -0.481. The molecule has 3 rings (SSSR count). The number of fused-ring (bicyclic) bond motifs is 2. The molecular formula is C13H8Cl2N2O3. The first-order valence-electron chi connectivity index (χ1n) is 5.66. The molecule has 0 spiro atoms. The maximum Gasteiger partial charge on any atom is 0.298 e. The highest BCUT2D eigenvalue weighted by atomic mass is 35.5. The average Bonchev–Trinajstić information content (AvgIpc) is 2.37. The number of hydrogen-bond acceptors (Lipinski definition) is 4. The van der Waals surface area contributed by atoms with Gasteiger partial charge in [-0.15, -0.1) is 0 Å². The second-order valence-corrected chi connectivity index (χ2v) is 5.17. The summed E-state index contributed by atoms with van der Waals surface area (Å²) < 4.78 is 5.69. The standard InChI is InChI=1S/C13H8Cl2N2O3/c1-16-9-3-2-7(14)5-11(9)20-12-6-8(15)4-10(13(12)16)17(18)19/h2-6H,1H3. The Morgan fingerprint density at radius 1 is 1.15 bits per heavy atom. The van der Waals surface area contributed by atoms with Crippen molar-refractivity contribution >= 4 is 40.3 Å². The number of hydrogen-bond donors (Lipinski definition) is 0. The molecule has 0 atom stereocenters. The quantitative estimate of drug-likeness (QED) is 0.562. The number of nitro groups is 1. The maximum absolute atomic E-state index is 11.2. The lowest BCUT2D eigenvalue weighted by atomic mass is 10.1. The van der Waals surface area contributed by atoms with E-state index in [0.717, 1.165) is 0 Å². The molecule has 0 aromatic heterocycles. The Kier molecular flexibility index (Phi) is 2.96. The minimum Gasteiger partial charge on any atom is -0.453 e. The molecule has 2 aromatic rings. The molecule has 0 amide bonds. The fourth-order valence-electron chi connectivity index (χ4n) is 2.20. The Bertz CT molecular complexity index is 734. The molecule has 0 aliphatic carbocycles. The molecule has 0 fully saturated rings. The molecule has 0 saturated carbocycles. The van der Waals surface area contributed by atoms with Crippen molar-refractivity contribution in [2.45, 2.75) is 0 Å². The highest BCUT2D eigenvalue weighted by Crippen LogP contribution is 2.51. The van der Waals surface area contributed by atoms with Gasteiger partial charge in [0, 0.05) is 30.3 Å². The van der Waals surface area contributed by atoms with Crippen molar-refractivity contribution in [3.63, 3.8) is 0 Å².